The number of rotatable bonds is 6. The van der Waals surface area contributed by atoms with E-state index in [4.69, 9.17) is 5.11 Å². The minimum atomic E-state index is -1.02. The quantitative estimate of drug-likeness (QED) is 0.794. The van der Waals surface area contributed by atoms with Crippen LogP contribution in [0.25, 0.3) is 0 Å². The molecular formula is C12H20N4O3. The van der Waals surface area contributed by atoms with E-state index in [1.807, 2.05) is 13.8 Å². The molecule has 0 saturated carbocycles. The molecule has 19 heavy (non-hydrogen) atoms. The largest absolute Gasteiger partial charge is 0.480 e. The zero-order valence-electron chi connectivity index (χ0n) is 11.5. The number of aryl methyl sites for hydroxylation is 1. The second kappa shape index (κ2) is 6.77. The van der Waals surface area contributed by atoms with Gasteiger partial charge in [-0.15, -0.1) is 0 Å². The molecule has 0 saturated heterocycles. The molecule has 1 aromatic rings. The predicted octanol–water partition coefficient (Wildman–Crippen LogP) is 0.672. The molecule has 1 heterocycles. The maximum absolute atomic E-state index is 11.9. The van der Waals surface area contributed by atoms with Crippen LogP contribution in [-0.2, 0) is 18.4 Å². The van der Waals surface area contributed by atoms with Crippen LogP contribution >= 0.6 is 0 Å². The van der Waals surface area contributed by atoms with Gasteiger partial charge >= 0.3 is 12.0 Å². The molecule has 7 heteroatoms. The van der Waals surface area contributed by atoms with Gasteiger partial charge in [0.25, 0.3) is 0 Å². The number of carbonyl (C=O) groups excluding carboxylic acids is 1. The van der Waals surface area contributed by atoms with Crippen molar-refractivity contribution in [2.45, 2.75) is 20.4 Å². The van der Waals surface area contributed by atoms with Crippen LogP contribution in [0.3, 0.4) is 0 Å². The number of nitrogens with one attached hydrogen (secondary N) is 1. The lowest BCUT2D eigenvalue weighted by molar-refractivity contribution is -0.137. The molecule has 0 aromatic carbocycles. The average molecular weight is 268 g/mol. The van der Waals surface area contributed by atoms with Gasteiger partial charge in [-0.1, -0.05) is 13.8 Å². The van der Waals surface area contributed by atoms with Gasteiger partial charge in [0.05, 0.1) is 6.20 Å². The Morgan fingerprint density at radius 3 is 2.68 bits per heavy atom. The van der Waals surface area contributed by atoms with E-state index in [0.717, 1.165) is 5.56 Å². The zero-order valence-corrected chi connectivity index (χ0v) is 11.5. The van der Waals surface area contributed by atoms with Crippen molar-refractivity contribution in [1.82, 2.24) is 20.0 Å². The highest BCUT2D eigenvalue weighted by molar-refractivity contribution is 5.80. The fraction of sp³-hybridized carbons (Fsp3) is 0.583. The van der Waals surface area contributed by atoms with Crippen LogP contribution in [0, 0.1) is 5.92 Å². The van der Waals surface area contributed by atoms with E-state index < -0.39 is 5.97 Å². The van der Waals surface area contributed by atoms with Gasteiger partial charge in [-0.05, 0) is 5.92 Å². The Kier molecular flexibility index (Phi) is 5.35. The number of carboxylic acid groups (broad SMARTS) is 1. The van der Waals surface area contributed by atoms with Gasteiger partial charge in [-0.3, -0.25) is 9.48 Å². The van der Waals surface area contributed by atoms with Gasteiger partial charge in [0, 0.05) is 31.9 Å². The van der Waals surface area contributed by atoms with Crippen molar-refractivity contribution in [3.63, 3.8) is 0 Å². The number of aliphatic carboxylic acids is 1. The first-order valence-corrected chi connectivity index (χ1v) is 6.10. The van der Waals surface area contributed by atoms with Crippen molar-refractivity contribution in [3.05, 3.63) is 18.0 Å². The Labute approximate surface area is 112 Å². The van der Waals surface area contributed by atoms with E-state index in [1.54, 1.807) is 24.1 Å². The second-order valence-corrected chi connectivity index (χ2v) is 4.85. The number of hydrogen-bond acceptors (Lipinski definition) is 3. The summed E-state index contributed by atoms with van der Waals surface area (Å²) in [7, 11) is 1.79. The van der Waals surface area contributed by atoms with Crippen molar-refractivity contribution >= 4 is 12.0 Å². The topological polar surface area (TPSA) is 87.5 Å². The van der Waals surface area contributed by atoms with E-state index in [9.17, 15) is 9.59 Å². The number of carboxylic acids is 1. The summed E-state index contributed by atoms with van der Waals surface area (Å²) in [5.41, 5.74) is 0.871. The normalized spacial score (nSPS) is 10.5. The maximum atomic E-state index is 11.9. The molecule has 0 spiro atoms. The van der Waals surface area contributed by atoms with Crippen LogP contribution in [0.5, 0.6) is 0 Å². The number of urea groups is 1. The molecule has 0 aliphatic carbocycles. The van der Waals surface area contributed by atoms with Gasteiger partial charge in [-0.2, -0.15) is 5.10 Å². The minimum Gasteiger partial charge on any atom is -0.480 e. The molecule has 0 bridgehead atoms. The lowest BCUT2D eigenvalue weighted by atomic mass is 10.2. The van der Waals surface area contributed by atoms with Gasteiger partial charge in [0.2, 0.25) is 0 Å². The van der Waals surface area contributed by atoms with Crippen molar-refractivity contribution in [3.8, 4) is 0 Å². The maximum Gasteiger partial charge on any atom is 0.323 e. The molecular weight excluding hydrogens is 248 g/mol. The Morgan fingerprint density at radius 1 is 1.53 bits per heavy atom. The summed E-state index contributed by atoms with van der Waals surface area (Å²) in [6.45, 7) is 4.32. The Balaban J connectivity index is 2.53. The summed E-state index contributed by atoms with van der Waals surface area (Å²) in [5, 5.41) is 15.5. The van der Waals surface area contributed by atoms with Gasteiger partial charge in [-0.25, -0.2) is 4.79 Å². The Morgan fingerprint density at radius 2 is 2.21 bits per heavy atom. The summed E-state index contributed by atoms with van der Waals surface area (Å²) in [5.74, 6) is -0.805. The lowest BCUT2D eigenvalue weighted by Crippen LogP contribution is -2.44. The van der Waals surface area contributed by atoms with Crippen LogP contribution in [0.2, 0.25) is 0 Å². The molecule has 0 aliphatic heterocycles. The number of carbonyl (C=O) groups is 2. The van der Waals surface area contributed by atoms with Crippen molar-refractivity contribution in [1.29, 1.82) is 0 Å². The molecule has 0 radical (unpaired) electrons. The van der Waals surface area contributed by atoms with Gasteiger partial charge in [0.1, 0.15) is 6.54 Å². The summed E-state index contributed by atoms with van der Waals surface area (Å²) >= 11 is 0. The first kappa shape index (κ1) is 15.0. The molecule has 0 aliphatic rings. The number of hydrogen-bond donors (Lipinski definition) is 2. The first-order valence-electron chi connectivity index (χ1n) is 6.10. The fourth-order valence-corrected chi connectivity index (χ4v) is 1.68. The third kappa shape index (κ3) is 5.41. The summed E-state index contributed by atoms with van der Waals surface area (Å²) in [6, 6.07) is -0.375. The SMILES string of the molecule is CC(C)CN(CC(=O)O)C(=O)NCc1cnn(C)c1. The van der Waals surface area contributed by atoms with E-state index in [0.29, 0.717) is 13.1 Å². The third-order valence-corrected chi connectivity index (χ3v) is 2.40. The highest BCUT2D eigenvalue weighted by atomic mass is 16.4. The molecule has 106 valence electrons. The highest BCUT2D eigenvalue weighted by Gasteiger charge is 2.17. The molecule has 0 unspecified atom stereocenters. The first-order chi connectivity index (χ1) is 8.88. The average Bonchev–Trinajstić information content (AvgIpc) is 2.70. The monoisotopic (exact) mass is 268 g/mol. The van der Waals surface area contributed by atoms with Crippen LogP contribution in [-0.4, -0.2) is 44.9 Å². The van der Waals surface area contributed by atoms with Crippen molar-refractivity contribution < 1.29 is 14.7 Å². The van der Waals surface area contributed by atoms with Gasteiger partial charge in [0.15, 0.2) is 0 Å². The summed E-state index contributed by atoms with van der Waals surface area (Å²) < 4.78 is 1.64. The van der Waals surface area contributed by atoms with Crippen LogP contribution in [0.4, 0.5) is 4.79 Å². The molecule has 1 aromatic heterocycles. The van der Waals surface area contributed by atoms with Crippen molar-refractivity contribution in [2.75, 3.05) is 13.1 Å². The standard InChI is InChI=1S/C12H20N4O3/c1-9(2)6-16(8-11(17)18)12(19)13-4-10-5-14-15(3)7-10/h5,7,9H,4,6,8H2,1-3H3,(H,13,19)(H,17,18). The molecule has 7 nitrogen and oxygen atoms in total. The van der Waals surface area contributed by atoms with Crippen molar-refractivity contribution in [2.24, 2.45) is 13.0 Å². The molecule has 0 atom stereocenters. The smallest absolute Gasteiger partial charge is 0.323 e. The molecule has 1 rings (SSSR count). The van der Waals surface area contributed by atoms with E-state index in [2.05, 4.69) is 10.4 Å². The third-order valence-electron chi connectivity index (χ3n) is 2.40. The lowest BCUT2D eigenvalue weighted by Gasteiger charge is -2.22. The number of aromatic nitrogens is 2. The Hall–Kier alpha value is -2.05. The van der Waals surface area contributed by atoms with Crippen LogP contribution in [0.1, 0.15) is 19.4 Å². The van der Waals surface area contributed by atoms with E-state index >= 15 is 0 Å². The van der Waals surface area contributed by atoms with Gasteiger partial charge < -0.3 is 15.3 Å². The van der Waals surface area contributed by atoms with E-state index in [-0.39, 0.29) is 18.5 Å². The molecule has 2 N–H and O–H groups in total. The van der Waals surface area contributed by atoms with Crippen LogP contribution in [0.15, 0.2) is 12.4 Å². The number of nitrogens with zero attached hydrogens (tertiary/aromatic N) is 3. The summed E-state index contributed by atoms with van der Waals surface area (Å²) in [4.78, 5) is 24.0. The fourth-order valence-electron chi connectivity index (χ4n) is 1.68. The van der Waals surface area contributed by atoms with E-state index in [1.165, 1.54) is 4.90 Å². The minimum absolute atomic E-state index is 0.212. The molecule has 2 amide bonds. The molecule has 0 fully saturated rings. The number of amides is 2. The zero-order chi connectivity index (χ0) is 14.4. The van der Waals surface area contributed by atoms with Crippen LogP contribution < -0.4 is 5.32 Å². The highest BCUT2D eigenvalue weighted by Crippen LogP contribution is 2.01. The second-order valence-electron chi connectivity index (χ2n) is 4.85. The Bertz CT molecular complexity index is 442. The predicted molar refractivity (Wildman–Crippen MR) is 69.5 cm³/mol. The summed E-state index contributed by atoms with van der Waals surface area (Å²) in [6.07, 6.45) is 3.45.